The van der Waals surface area contributed by atoms with Crippen molar-refractivity contribution in [2.75, 3.05) is 12.3 Å². The van der Waals surface area contributed by atoms with E-state index in [1.165, 1.54) is 0 Å². The maximum atomic E-state index is 12.2. The molecule has 3 atom stereocenters. The fourth-order valence-corrected chi connectivity index (χ4v) is 7.60. The van der Waals surface area contributed by atoms with Gasteiger partial charge in [0.05, 0.1) is 12.1 Å². The van der Waals surface area contributed by atoms with Crippen molar-refractivity contribution in [1.82, 2.24) is 16.0 Å². The predicted molar refractivity (Wildman–Crippen MR) is 178 cm³/mol. The minimum Gasteiger partial charge on any atom is -0.368 e. The van der Waals surface area contributed by atoms with E-state index in [2.05, 4.69) is 16.0 Å². The summed E-state index contributed by atoms with van der Waals surface area (Å²) < 4.78 is 0. The molecule has 3 amide bonds. The first kappa shape index (κ1) is 39.2. The minimum absolute atomic E-state index is 0.0610. The summed E-state index contributed by atoms with van der Waals surface area (Å²) in [4.78, 5) is 59.7. The van der Waals surface area contributed by atoms with Gasteiger partial charge in [0.2, 0.25) is 5.91 Å². The molecule has 2 rings (SSSR count). The monoisotopic (exact) mass is 653 g/mol. The normalized spacial score (nSPS) is 18.9. The van der Waals surface area contributed by atoms with Gasteiger partial charge in [0.25, 0.3) is 0 Å². The molecule has 2 aliphatic rings. The van der Waals surface area contributed by atoms with Gasteiger partial charge in [0.15, 0.2) is 6.29 Å². The van der Waals surface area contributed by atoms with Crippen LogP contribution in [0.1, 0.15) is 148 Å². The number of hydrogen-bond acceptors (Lipinski definition) is 8. The quantitative estimate of drug-likeness (QED) is 0.0415. The number of aliphatic hydroxyl groups excluding tert-OH is 1. The van der Waals surface area contributed by atoms with Crippen LogP contribution in [0.2, 0.25) is 0 Å². The Morgan fingerprint density at radius 3 is 1.69 bits per heavy atom. The van der Waals surface area contributed by atoms with Crippen LogP contribution in [0.3, 0.4) is 0 Å². The van der Waals surface area contributed by atoms with Gasteiger partial charge in [-0.2, -0.15) is 11.8 Å². The lowest BCUT2D eigenvalue weighted by molar-refractivity contribution is -0.121. The number of Topliss-reactive ketones (excluding diaryl/α,β-unsaturated/α-hetero) is 3. The van der Waals surface area contributed by atoms with E-state index in [1.807, 2.05) is 11.8 Å². The first-order valence-corrected chi connectivity index (χ1v) is 18.7. The van der Waals surface area contributed by atoms with Crippen LogP contribution in [0, 0.1) is 0 Å². The van der Waals surface area contributed by atoms with E-state index in [1.54, 1.807) is 0 Å². The first-order valence-electron chi connectivity index (χ1n) is 17.6. The summed E-state index contributed by atoms with van der Waals surface area (Å²) in [6, 6.07) is 0.408. The van der Waals surface area contributed by atoms with Crippen LogP contribution >= 0.6 is 11.8 Å². The van der Waals surface area contributed by atoms with Crippen molar-refractivity contribution in [2.24, 2.45) is 0 Å². The largest absolute Gasteiger partial charge is 0.368 e. The van der Waals surface area contributed by atoms with Crippen LogP contribution in [0.25, 0.3) is 0 Å². The number of urea groups is 1. The van der Waals surface area contributed by atoms with E-state index in [-0.39, 0.29) is 41.4 Å². The Balaban J connectivity index is 1.29. The predicted octanol–water partition coefficient (Wildman–Crippen LogP) is 5.26. The molecule has 0 saturated carbocycles. The summed E-state index contributed by atoms with van der Waals surface area (Å²) in [5.41, 5.74) is 0. The molecule has 0 radical (unpaired) electrons. The fourth-order valence-electron chi connectivity index (χ4n) is 6.06. The van der Waals surface area contributed by atoms with Crippen molar-refractivity contribution in [3.05, 3.63) is 0 Å². The Labute approximate surface area is 274 Å². The second kappa shape index (κ2) is 24.2. The van der Waals surface area contributed by atoms with E-state index in [4.69, 9.17) is 10.2 Å². The molecule has 2 fully saturated rings. The number of unbranched alkanes of at least 4 members (excludes halogenated alkanes) is 9. The third-order valence-corrected chi connectivity index (χ3v) is 10.3. The Kier molecular flexibility index (Phi) is 21.1. The Morgan fingerprint density at radius 2 is 1.16 bits per heavy atom. The Hall–Kier alpha value is -1.98. The minimum atomic E-state index is -1.26. The van der Waals surface area contributed by atoms with Crippen molar-refractivity contribution in [3.8, 4) is 0 Å². The average molecular weight is 654 g/mol. The molecule has 11 heteroatoms. The molecule has 0 aromatic carbocycles. The van der Waals surface area contributed by atoms with E-state index >= 15 is 0 Å². The van der Waals surface area contributed by atoms with Crippen molar-refractivity contribution < 1.29 is 34.2 Å². The van der Waals surface area contributed by atoms with Gasteiger partial charge >= 0.3 is 6.03 Å². The van der Waals surface area contributed by atoms with Crippen LogP contribution in [0.4, 0.5) is 4.79 Å². The van der Waals surface area contributed by atoms with Gasteiger partial charge in [-0.3, -0.25) is 19.2 Å². The maximum absolute atomic E-state index is 12.2. The maximum Gasteiger partial charge on any atom is 0.315 e. The van der Waals surface area contributed by atoms with Gasteiger partial charge < -0.3 is 26.2 Å². The molecule has 0 aromatic rings. The molecule has 0 spiro atoms. The SMILES string of the molecule is O=C(CCCCCNC(=O)CCCCC1SCC2NC(=O)NC21)CCCCCC(=O)CCCCCC(=O)CCCCCC(O)O. The summed E-state index contributed by atoms with van der Waals surface area (Å²) in [6.07, 6.45) is 16.0. The number of thioether (sulfide) groups is 1. The van der Waals surface area contributed by atoms with Crippen LogP contribution in [-0.4, -0.2) is 75.4 Å². The zero-order valence-electron chi connectivity index (χ0n) is 27.3. The van der Waals surface area contributed by atoms with Gasteiger partial charge in [0, 0.05) is 62.5 Å². The van der Waals surface area contributed by atoms with Gasteiger partial charge in [-0.15, -0.1) is 0 Å². The van der Waals surface area contributed by atoms with E-state index in [0.717, 1.165) is 102 Å². The zero-order chi connectivity index (χ0) is 32.7. The van der Waals surface area contributed by atoms with Crippen LogP contribution < -0.4 is 16.0 Å². The summed E-state index contributed by atoms with van der Waals surface area (Å²) in [6.45, 7) is 0.652. The highest BCUT2D eigenvalue weighted by molar-refractivity contribution is 8.00. The van der Waals surface area contributed by atoms with Crippen molar-refractivity contribution in [1.29, 1.82) is 0 Å². The molecule has 258 valence electrons. The molecule has 5 N–H and O–H groups in total. The molecule has 0 bridgehead atoms. The molecule has 0 aromatic heterocycles. The molecule has 0 aliphatic carbocycles. The number of nitrogens with one attached hydrogen (secondary N) is 3. The average Bonchev–Trinajstić information content (AvgIpc) is 3.55. The molecular formula is C34H59N3O7S. The Morgan fingerprint density at radius 1 is 0.667 bits per heavy atom. The number of rotatable bonds is 29. The molecule has 2 heterocycles. The highest BCUT2D eigenvalue weighted by Crippen LogP contribution is 2.33. The summed E-state index contributed by atoms with van der Waals surface area (Å²) >= 11 is 1.90. The van der Waals surface area contributed by atoms with Crippen molar-refractivity contribution in [3.63, 3.8) is 0 Å². The van der Waals surface area contributed by atoms with Gasteiger partial charge in [-0.05, 0) is 70.6 Å². The number of carbonyl (C=O) groups is 5. The molecule has 2 saturated heterocycles. The highest BCUT2D eigenvalue weighted by atomic mass is 32.2. The standard InChI is InChI=1S/C34H59N3O7S/c38-26(15-5-1-7-17-27(39)19-9-3-11-23-32(42)43)16-6-2-8-18-28(40)20-10-4-14-24-35-31(41)22-13-12-21-30-33-29(25-45-30)36-34(44)37-33/h29-30,32-33,42-43H,1-25H2,(H,35,41)(H2,36,37,44). The number of hydrogen-bond donors (Lipinski definition) is 5. The lowest BCUT2D eigenvalue weighted by Gasteiger charge is -2.16. The second-order valence-electron chi connectivity index (χ2n) is 12.8. The highest BCUT2D eigenvalue weighted by Gasteiger charge is 2.42. The van der Waals surface area contributed by atoms with Crippen LogP contribution in [-0.2, 0) is 19.2 Å². The van der Waals surface area contributed by atoms with E-state index in [0.29, 0.717) is 63.2 Å². The molecule has 45 heavy (non-hydrogen) atoms. The third kappa shape index (κ3) is 19.3. The smallest absolute Gasteiger partial charge is 0.315 e. The topological polar surface area (TPSA) is 162 Å². The number of amides is 3. The third-order valence-electron chi connectivity index (χ3n) is 8.78. The lowest BCUT2D eigenvalue weighted by atomic mass is 10.0. The van der Waals surface area contributed by atoms with E-state index < -0.39 is 6.29 Å². The fraction of sp³-hybridized carbons (Fsp3) is 0.853. The van der Waals surface area contributed by atoms with Crippen LogP contribution in [0.5, 0.6) is 0 Å². The number of fused-ring (bicyclic) bond motifs is 1. The van der Waals surface area contributed by atoms with Gasteiger partial charge in [0.1, 0.15) is 17.3 Å². The van der Waals surface area contributed by atoms with Gasteiger partial charge in [-0.25, -0.2) is 4.79 Å². The second-order valence-corrected chi connectivity index (χ2v) is 14.1. The molecule has 2 aliphatic heterocycles. The first-order chi connectivity index (χ1) is 21.7. The summed E-state index contributed by atoms with van der Waals surface area (Å²) in [5, 5.41) is 27.0. The zero-order valence-corrected chi connectivity index (χ0v) is 28.1. The van der Waals surface area contributed by atoms with Gasteiger partial charge in [-0.1, -0.05) is 32.1 Å². The number of aliphatic hydroxyl groups is 2. The summed E-state index contributed by atoms with van der Waals surface area (Å²) in [5.74, 6) is 1.85. The number of carbonyl (C=O) groups excluding carboxylic acids is 5. The molecular weight excluding hydrogens is 594 g/mol. The lowest BCUT2D eigenvalue weighted by Crippen LogP contribution is -2.36. The summed E-state index contributed by atoms with van der Waals surface area (Å²) in [7, 11) is 0. The molecule has 3 unspecified atom stereocenters. The van der Waals surface area contributed by atoms with E-state index in [9.17, 15) is 24.0 Å². The van der Waals surface area contributed by atoms with Crippen LogP contribution in [0.15, 0.2) is 0 Å². The number of ketones is 3. The Bertz CT molecular complexity index is 901. The molecule has 10 nitrogen and oxygen atoms in total. The van der Waals surface area contributed by atoms with Crippen molar-refractivity contribution >= 4 is 41.0 Å². The van der Waals surface area contributed by atoms with Crippen molar-refractivity contribution in [2.45, 2.75) is 171 Å².